The van der Waals surface area contributed by atoms with E-state index in [9.17, 15) is 4.79 Å². The largest absolute Gasteiger partial charge is 0.299 e. The molecular formula is C11H14Br2O. The number of carbonyl (C=O) groups excluding carboxylic acids is 1. The minimum atomic E-state index is -0.0720. The van der Waals surface area contributed by atoms with Crippen LogP contribution in [-0.4, -0.2) is 9.02 Å². The summed E-state index contributed by atoms with van der Waals surface area (Å²) in [5.41, 5.74) is 0.322. The average molecular weight is 322 g/mol. The predicted octanol–water partition coefficient (Wildman–Crippen LogP) is 3.50. The number of rotatable bonds is 0. The van der Waals surface area contributed by atoms with Crippen molar-refractivity contribution in [2.75, 3.05) is 0 Å². The highest BCUT2D eigenvalue weighted by molar-refractivity contribution is 9.25. The van der Waals surface area contributed by atoms with Gasteiger partial charge in [0.2, 0.25) is 0 Å². The highest BCUT2D eigenvalue weighted by Gasteiger charge is 2.80. The number of hydrogen-bond acceptors (Lipinski definition) is 1. The van der Waals surface area contributed by atoms with Crippen molar-refractivity contribution in [3.05, 3.63) is 0 Å². The Balaban J connectivity index is 2.03. The monoisotopic (exact) mass is 320 g/mol. The molecule has 78 valence electrons. The van der Waals surface area contributed by atoms with Crippen LogP contribution in [0, 0.1) is 22.7 Å². The number of alkyl halides is 2. The smallest absolute Gasteiger partial charge is 0.141 e. The maximum absolute atomic E-state index is 12.1. The maximum atomic E-state index is 12.1. The second kappa shape index (κ2) is 2.32. The Kier molecular flexibility index (Phi) is 1.63. The van der Waals surface area contributed by atoms with E-state index in [0.717, 1.165) is 12.8 Å². The van der Waals surface area contributed by atoms with E-state index in [1.165, 1.54) is 6.42 Å². The zero-order valence-corrected chi connectivity index (χ0v) is 11.6. The van der Waals surface area contributed by atoms with Crippen LogP contribution in [0.1, 0.15) is 33.1 Å². The van der Waals surface area contributed by atoms with Gasteiger partial charge in [-0.25, -0.2) is 0 Å². The standard InChI is InChI=1S/C11H14Br2O/c1-9(2)6-3-7(9)10(8(14)4-6)5-11(10,12)13/h6-7H,3-5H2,1-2H3. The normalized spacial score (nSPS) is 51.6. The molecule has 1 nitrogen and oxygen atoms in total. The molecule has 4 fully saturated rings. The number of hydrogen-bond donors (Lipinski definition) is 0. The van der Waals surface area contributed by atoms with E-state index in [-0.39, 0.29) is 8.65 Å². The molecule has 0 heterocycles. The average Bonchev–Trinajstić information content (AvgIpc) is 2.60. The Morgan fingerprint density at radius 2 is 1.93 bits per heavy atom. The lowest BCUT2D eigenvalue weighted by molar-refractivity contribution is -0.159. The van der Waals surface area contributed by atoms with Crippen molar-refractivity contribution in [2.24, 2.45) is 22.7 Å². The fourth-order valence-corrected chi connectivity index (χ4v) is 5.66. The quantitative estimate of drug-likeness (QED) is 0.624. The van der Waals surface area contributed by atoms with E-state index in [0.29, 0.717) is 23.0 Å². The van der Waals surface area contributed by atoms with Crippen LogP contribution in [0.5, 0.6) is 0 Å². The third kappa shape index (κ3) is 0.820. The first-order chi connectivity index (χ1) is 6.32. The first-order valence-corrected chi connectivity index (χ1v) is 6.82. The van der Waals surface area contributed by atoms with Crippen molar-refractivity contribution in [3.63, 3.8) is 0 Å². The third-order valence-electron chi connectivity index (χ3n) is 5.02. The van der Waals surface area contributed by atoms with Crippen molar-refractivity contribution in [1.82, 2.24) is 0 Å². The van der Waals surface area contributed by atoms with Crippen LogP contribution in [0.3, 0.4) is 0 Å². The minimum absolute atomic E-state index is 0.0642. The highest BCUT2D eigenvalue weighted by atomic mass is 79.9. The molecule has 1 spiro atoms. The van der Waals surface area contributed by atoms with Gasteiger partial charge in [-0.05, 0) is 30.1 Å². The Morgan fingerprint density at radius 1 is 1.36 bits per heavy atom. The fourth-order valence-electron chi connectivity index (χ4n) is 3.79. The van der Waals surface area contributed by atoms with Crippen LogP contribution in [-0.2, 0) is 4.79 Å². The summed E-state index contributed by atoms with van der Waals surface area (Å²) in [5.74, 6) is 1.74. The molecule has 3 heteroatoms. The zero-order valence-electron chi connectivity index (χ0n) is 8.44. The third-order valence-corrected chi connectivity index (χ3v) is 7.00. The first kappa shape index (κ1) is 9.83. The molecule has 0 amide bonds. The van der Waals surface area contributed by atoms with Crippen molar-refractivity contribution in [2.45, 2.75) is 36.3 Å². The van der Waals surface area contributed by atoms with Crippen LogP contribution < -0.4 is 0 Å². The molecule has 4 aliphatic rings. The molecule has 0 radical (unpaired) electrons. The van der Waals surface area contributed by atoms with Crippen LogP contribution >= 0.6 is 31.9 Å². The van der Waals surface area contributed by atoms with Crippen LogP contribution in [0.4, 0.5) is 0 Å². The van der Waals surface area contributed by atoms with Crippen LogP contribution in [0.2, 0.25) is 0 Å². The molecule has 3 unspecified atom stereocenters. The van der Waals surface area contributed by atoms with Crippen molar-refractivity contribution < 1.29 is 4.79 Å². The van der Waals surface area contributed by atoms with E-state index < -0.39 is 0 Å². The molecule has 0 aliphatic heterocycles. The molecule has 2 bridgehead atoms. The molecule has 3 atom stereocenters. The number of carbonyl (C=O) groups is 1. The Bertz CT molecular complexity index is 334. The highest BCUT2D eigenvalue weighted by Crippen LogP contribution is 2.80. The summed E-state index contributed by atoms with van der Waals surface area (Å²) in [5, 5.41) is 0. The van der Waals surface area contributed by atoms with Gasteiger partial charge in [0.05, 0.1) is 8.65 Å². The first-order valence-electron chi connectivity index (χ1n) is 5.23. The molecule has 4 rings (SSSR count). The molecule has 0 aromatic rings. The lowest BCUT2D eigenvalue weighted by Gasteiger charge is -2.60. The summed E-state index contributed by atoms with van der Waals surface area (Å²) in [6.45, 7) is 4.66. The van der Waals surface area contributed by atoms with Crippen LogP contribution in [0.25, 0.3) is 0 Å². The molecule has 4 aliphatic carbocycles. The number of halogens is 2. The van der Waals surface area contributed by atoms with E-state index in [2.05, 4.69) is 45.7 Å². The molecule has 14 heavy (non-hydrogen) atoms. The van der Waals surface area contributed by atoms with Crippen LogP contribution in [0.15, 0.2) is 0 Å². The Morgan fingerprint density at radius 3 is 2.29 bits per heavy atom. The minimum Gasteiger partial charge on any atom is -0.299 e. The second-order valence-electron chi connectivity index (χ2n) is 5.79. The van der Waals surface area contributed by atoms with Gasteiger partial charge >= 0.3 is 0 Å². The van der Waals surface area contributed by atoms with E-state index in [1.54, 1.807) is 0 Å². The summed E-state index contributed by atoms with van der Waals surface area (Å²) < 4.78 is -0.0720. The predicted molar refractivity (Wildman–Crippen MR) is 62.6 cm³/mol. The summed E-state index contributed by atoms with van der Waals surface area (Å²) in [7, 11) is 0. The summed E-state index contributed by atoms with van der Waals surface area (Å²) >= 11 is 7.32. The topological polar surface area (TPSA) is 17.1 Å². The van der Waals surface area contributed by atoms with Gasteiger partial charge in [0, 0.05) is 6.42 Å². The Hall–Kier alpha value is 0.630. The van der Waals surface area contributed by atoms with Crippen molar-refractivity contribution in [3.8, 4) is 0 Å². The van der Waals surface area contributed by atoms with E-state index in [4.69, 9.17) is 0 Å². The molecular weight excluding hydrogens is 308 g/mol. The number of fused-ring (bicyclic) bond motifs is 1. The van der Waals surface area contributed by atoms with Gasteiger partial charge in [-0.3, -0.25) is 4.79 Å². The van der Waals surface area contributed by atoms with Crippen molar-refractivity contribution in [1.29, 1.82) is 0 Å². The van der Waals surface area contributed by atoms with Gasteiger partial charge in [0.25, 0.3) is 0 Å². The molecule has 0 aromatic heterocycles. The number of Topliss-reactive ketones (excluding diaryl/α,β-unsaturated/α-hetero) is 1. The van der Waals surface area contributed by atoms with Gasteiger partial charge in [-0.15, -0.1) is 0 Å². The fraction of sp³-hybridized carbons (Fsp3) is 0.909. The Labute approximate surface area is 101 Å². The maximum Gasteiger partial charge on any atom is 0.141 e. The zero-order chi connectivity index (χ0) is 10.4. The lowest BCUT2D eigenvalue weighted by atomic mass is 9.44. The lowest BCUT2D eigenvalue weighted by Crippen LogP contribution is -2.58. The molecule has 0 N–H and O–H groups in total. The summed E-state index contributed by atoms with van der Waals surface area (Å²) in [4.78, 5) is 12.1. The second-order valence-corrected chi connectivity index (χ2v) is 9.56. The summed E-state index contributed by atoms with van der Waals surface area (Å²) in [6, 6.07) is 0. The van der Waals surface area contributed by atoms with Gasteiger partial charge in [0.15, 0.2) is 0 Å². The molecule has 4 saturated carbocycles. The van der Waals surface area contributed by atoms with E-state index in [1.807, 2.05) is 0 Å². The van der Waals surface area contributed by atoms with Gasteiger partial charge in [0.1, 0.15) is 5.78 Å². The van der Waals surface area contributed by atoms with Gasteiger partial charge in [-0.1, -0.05) is 45.7 Å². The van der Waals surface area contributed by atoms with E-state index >= 15 is 0 Å². The van der Waals surface area contributed by atoms with Gasteiger partial charge in [-0.2, -0.15) is 0 Å². The SMILES string of the molecule is CC1(C)C2CC(=O)C3(CC3(Br)Br)C1C2. The molecule has 0 saturated heterocycles. The number of ketones is 1. The molecule has 0 aromatic carbocycles. The van der Waals surface area contributed by atoms with Crippen molar-refractivity contribution >= 4 is 37.6 Å². The van der Waals surface area contributed by atoms with Gasteiger partial charge < -0.3 is 0 Å². The summed E-state index contributed by atoms with van der Waals surface area (Å²) in [6.07, 6.45) is 3.06.